The first-order chi connectivity index (χ1) is 11.3. The summed E-state index contributed by atoms with van der Waals surface area (Å²) in [6.45, 7) is 1.99. The van der Waals surface area contributed by atoms with Crippen molar-refractivity contribution in [3.05, 3.63) is 67.0 Å². The lowest BCUT2D eigenvalue weighted by molar-refractivity contribution is -0.117. The van der Waals surface area contributed by atoms with E-state index in [0.717, 1.165) is 12.0 Å². The molecule has 2 heterocycles. The van der Waals surface area contributed by atoms with Crippen molar-refractivity contribution in [2.75, 3.05) is 5.32 Å². The molecule has 3 rings (SSSR count). The van der Waals surface area contributed by atoms with Crippen molar-refractivity contribution in [2.24, 2.45) is 0 Å². The molecule has 0 aliphatic carbocycles. The van der Waals surface area contributed by atoms with Gasteiger partial charge in [-0.2, -0.15) is 0 Å². The minimum atomic E-state index is -0.206. The van der Waals surface area contributed by atoms with Crippen LogP contribution in [0.25, 0.3) is 5.82 Å². The van der Waals surface area contributed by atoms with E-state index in [9.17, 15) is 4.79 Å². The molecule has 23 heavy (non-hydrogen) atoms. The molecule has 1 amide bonds. The van der Waals surface area contributed by atoms with Crippen LogP contribution in [0.3, 0.4) is 0 Å². The second-order valence-electron chi connectivity index (χ2n) is 5.09. The minimum Gasteiger partial charge on any atom is -0.310 e. The normalized spacial score (nSPS) is 11.9. The summed E-state index contributed by atoms with van der Waals surface area (Å²) in [5, 5.41) is 2.87. The van der Waals surface area contributed by atoms with Crippen molar-refractivity contribution < 1.29 is 4.79 Å². The Labute approximate surface area is 134 Å². The standard InChI is InChI=1S/C17H17N5O/c1-2-14(13-6-4-3-5-7-13)17(23)21-15-10-16(20-11-19-15)22-9-8-18-12-22/h3-12,14H,2H2,1H3,(H,19,20,21,23). The smallest absolute Gasteiger partial charge is 0.233 e. The molecule has 0 aliphatic rings. The van der Waals surface area contributed by atoms with Crippen LogP contribution in [0, 0.1) is 0 Å². The molecule has 1 atom stereocenters. The topological polar surface area (TPSA) is 72.7 Å². The lowest BCUT2D eigenvalue weighted by atomic mass is 9.96. The summed E-state index contributed by atoms with van der Waals surface area (Å²) < 4.78 is 1.76. The van der Waals surface area contributed by atoms with E-state index in [1.807, 2.05) is 37.3 Å². The zero-order valence-electron chi connectivity index (χ0n) is 12.8. The van der Waals surface area contributed by atoms with E-state index in [2.05, 4.69) is 20.3 Å². The second-order valence-corrected chi connectivity index (χ2v) is 5.09. The maximum Gasteiger partial charge on any atom is 0.233 e. The Hall–Kier alpha value is -3.02. The van der Waals surface area contributed by atoms with Crippen molar-refractivity contribution in [1.29, 1.82) is 0 Å². The van der Waals surface area contributed by atoms with Crippen LogP contribution in [0.1, 0.15) is 24.8 Å². The van der Waals surface area contributed by atoms with Gasteiger partial charge in [0.05, 0.1) is 5.92 Å². The Bertz CT molecular complexity index is 771. The van der Waals surface area contributed by atoms with Crippen molar-refractivity contribution in [1.82, 2.24) is 19.5 Å². The molecule has 3 aromatic rings. The Morgan fingerprint density at radius 2 is 2.09 bits per heavy atom. The molecular weight excluding hydrogens is 290 g/mol. The fourth-order valence-electron chi connectivity index (χ4n) is 2.42. The molecule has 0 saturated heterocycles. The summed E-state index contributed by atoms with van der Waals surface area (Å²) in [6, 6.07) is 11.5. The molecule has 0 saturated carbocycles. The summed E-state index contributed by atoms with van der Waals surface area (Å²) in [4.78, 5) is 24.8. The molecule has 0 spiro atoms. The zero-order chi connectivity index (χ0) is 16.1. The number of nitrogens with zero attached hydrogens (tertiary/aromatic N) is 4. The first kappa shape index (κ1) is 14.9. The second kappa shape index (κ2) is 6.83. The van der Waals surface area contributed by atoms with E-state index in [1.165, 1.54) is 6.33 Å². The molecule has 6 heteroatoms. The Morgan fingerprint density at radius 1 is 1.26 bits per heavy atom. The maximum atomic E-state index is 12.6. The van der Waals surface area contributed by atoms with Crippen LogP contribution >= 0.6 is 0 Å². The van der Waals surface area contributed by atoms with Crippen molar-refractivity contribution in [2.45, 2.75) is 19.3 Å². The van der Waals surface area contributed by atoms with Gasteiger partial charge in [-0.1, -0.05) is 37.3 Å². The summed E-state index contributed by atoms with van der Waals surface area (Å²) in [5.41, 5.74) is 0.997. The highest BCUT2D eigenvalue weighted by atomic mass is 16.1. The van der Waals surface area contributed by atoms with Crippen LogP contribution < -0.4 is 5.32 Å². The van der Waals surface area contributed by atoms with E-state index in [4.69, 9.17) is 0 Å². The van der Waals surface area contributed by atoms with Gasteiger partial charge in [-0.3, -0.25) is 9.36 Å². The van der Waals surface area contributed by atoms with E-state index >= 15 is 0 Å². The number of benzene rings is 1. The van der Waals surface area contributed by atoms with Crippen LogP contribution in [0.5, 0.6) is 0 Å². The number of rotatable bonds is 5. The number of hydrogen-bond acceptors (Lipinski definition) is 4. The van der Waals surface area contributed by atoms with Crippen molar-refractivity contribution in [3.63, 3.8) is 0 Å². The van der Waals surface area contributed by atoms with Gasteiger partial charge in [0.15, 0.2) is 0 Å². The fraction of sp³-hybridized carbons (Fsp3) is 0.176. The average Bonchev–Trinajstić information content (AvgIpc) is 3.11. The molecule has 0 fully saturated rings. The van der Waals surface area contributed by atoms with Gasteiger partial charge in [0.2, 0.25) is 5.91 Å². The number of carbonyl (C=O) groups is 1. The van der Waals surface area contributed by atoms with E-state index in [0.29, 0.717) is 11.6 Å². The van der Waals surface area contributed by atoms with Crippen molar-refractivity contribution in [3.8, 4) is 5.82 Å². The van der Waals surface area contributed by atoms with Gasteiger partial charge in [-0.05, 0) is 12.0 Å². The van der Waals surface area contributed by atoms with Crippen LogP contribution in [0.15, 0.2) is 61.4 Å². The lowest BCUT2D eigenvalue weighted by Crippen LogP contribution is -2.21. The lowest BCUT2D eigenvalue weighted by Gasteiger charge is -2.15. The number of amides is 1. The molecule has 2 aromatic heterocycles. The van der Waals surface area contributed by atoms with Crippen LogP contribution in [0.4, 0.5) is 5.82 Å². The highest BCUT2D eigenvalue weighted by molar-refractivity contribution is 5.95. The molecule has 0 bridgehead atoms. The number of imidazole rings is 1. The third-order valence-electron chi connectivity index (χ3n) is 3.60. The first-order valence-electron chi connectivity index (χ1n) is 7.44. The Balaban J connectivity index is 1.78. The fourth-order valence-corrected chi connectivity index (χ4v) is 2.42. The maximum absolute atomic E-state index is 12.6. The molecule has 1 aromatic carbocycles. The third-order valence-corrected chi connectivity index (χ3v) is 3.60. The van der Waals surface area contributed by atoms with Gasteiger partial charge in [0, 0.05) is 18.5 Å². The highest BCUT2D eigenvalue weighted by Crippen LogP contribution is 2.21. The third kappa shape index (κ3) is 3.42. The summed E-state index contributed by atoms with van der Waals surface area (Å²) >= 11 is 0. The molecule has 1 unspecified atom stereocenters. The van der Waals surface area contributed by atoms with E-state index in [-0.39, 0.29) is 11.8 Å². The van der Waals surface area contributed by atoms with E-state index in [1.54, 1.807) is 29.4 Å². The van der Waals surface area contributed by atoms with Gasteiger partial charge >= 0.3 is 0 Å². The SMILES string of the molecule is CCC(C(=O)Nc1cc(-n2ccnc2)ncn1)c1ccccc1. The molecule has 1 N–H and O–H groups in total. The van der Waals surface area contributed by atoms with Crippen LogP contribution in [-0.4, -0.2) is 25.4 Å². The number of nitrogens with one attached hydrogen (secondary N) is 1. The van der Waals surface area contributed by atoms with Gasteiger partial charge in [0.1, 0.15) is 24.3 Å². The van der Waals surface area contributed by atoms with Gasteiger partial charge in [0.25, 0.3) is 0 Å². The summed E-state index contributed by atoms with van der Waals surface area (Å²) in [5.74, 6) is 0.848. The first-order valence-corrected chi connectivity index (χ1v) is 7.44. The quantitative estimate of drug-likeness (QED) is 0.786. The molecule has 0 aliphatic heterocycles. The molecular formula is C17H17N5O. The highest BCUT2D eigenvalue weighted by Gasteiger charge is 2.19. The number of carbonyl (C=O) groups excluding carboxylic acids is 1. The number of anilines is 1. The van der Waals surface area contributed by atoms with Gasteiger partial charge in [-0.25, -0.2) is 15.0 Å². The van der Waals surface area contributed by atoms with Crippen LogP contribution in [-0.2, 0) is 4.79 Å². The summed E-state index contributed by atoms with van der Waals surface area (Å²) in [6.07, 6.45) is 7.24. The predicted molar refractivity (Wildman–Crippen MR) is 87.3 cm³/mol. The van der Waals surface area contributed by atoms with E-state index < -0.39 is 0 Å². The molecule has 0 radical (unpaired) electrons. The Morgan fingerprint density at radius 3 is 2.78 bits per heavy atom. The Kier molecular flexibility index (Phi) is 4.42. The number of aromatic nitrogens is 4. The minimum absolute atomic E-state index is 0.0750. The molecule has 116 valence electrons. The predicted octanol–water partition coefficient (Wildman–Crippen LogP) is 2.79. The van der Waals surface area contributed by atoms with Crippen molar-refractivity contribution >= 4 is 11.7 Å². The zero-order valence-corrected chi connectivity index (χ0v) is 12.8. The molecule has 6 nitrogen and oxygen atoms in total. The van der Waals surface area contributed by atoms with Gasteiger partial charge < -0.3 is 5.32 Å². The monoisotopic (exact) mass is 307 g/mol. The number of hydrogen-bond donors (Lipinski definition) is 1. The van der Waals surface area contributed by atoms with Crippen LogP contribution in [0.2, 0.25) is 0 Å². The largest absolute Gasteiger partial charge is 0.310 e. The average molecular weight is 307 g/mol. The van der Waals surface area contributed by atoms with Gasteiger partial charge in [-0.15, -0.1) is 0 Å². The summed E-state index contributed by atoms with van der Waals surface area (Å²) in [7, 11) is 0.